The van der Waals surface area contributed by atoms with Gasteiger partial charge in [-0.15, -0.1) is 11.6 Å². The van der Waals surface area contributed by atoms with Gasteiger partial charge >= 0.3 is 0 Å². The van der Waals surface area contributed by atoms with Crippen LogP contribution in [0.15, 0.2) is 48.2 Å². The van der Waals surface area contributed by atoms with Gasteiger partial charge in [-0.05, 0) is 44.6 Å². The van der Waals surface area contributed by atoms with Crippen LogP contribution in [0.25, 0.3) is 0 Å². The first-order chi connectivity index (χ1) is 9.81. The van der Waals surface area contributed by atoms with Crippen molar-refractivity contribution in [1.82, 2.24) is 5.32 Å². The smallest absolute Gasteiger partial charge is 0.255 e. The summed E-state index contributed by atoms with van der Waals surface area (Å²) in [5.74, 6) is -0.555. The molecular formula is C17H18ClNO2. The predicted octanol–water partition coefficient (Wildman–Crippen LogP) is 3.38. The van der Waals surface area contributed by atoms with E-state index in [9.17, 15) is 9.59 Å². The molecule has 3 nitrogen and oxygen atoms in total. The molecule has 1 aromatic rings. The summed E-state index contributed by atoms with van der Waals surface area (Å²) in [6, 6.07) is 7.37. The summed E-state index contributed by atoms with van der Waals surface area (Å²) in [6.07, 6.45) is 5.19. The largest absolute Gasteiger partial charge is 0.322 e. The molecule has 0 aliphatic heterocycles. The highest BCUT2D eigenvalue weighted by atomic mass is 35.5. The Morgan fingerprint density at radius 3 is 2.52 bits per heavy atom. The van der Waals surface area contributed by atoms with Crippen LogP contribution in [0.3, 0.4) is 0 Å². The maximum absolute atomic E-state index is 12.3. The lowest BCUT2D eigenvalue weighted by molar-refractivity contribution is -0.119. The predicted molar refractivity (Wildman–Crippen MR) is 84.3 cm³/mol. The van der Waals surface area contributed by atoms with E-state index in [4.69, 9.17) is 11.6 Å². The van der Waals surface area contributed by atoms with E-state index in [2.05, 4.69) is 5.32 Å². The van der Waals surface area contributed by atoms with E-state index in [1.54, 1.807) is 31.2 Å². The average Bonchev–Trinajstić information content (AvgIpc) is 2.37. The van der Waals surface area contributed by atoms with Crippen molar-refractivity contribution < 1.29 is 9.59 Å². The van der Waals surface area contributed by atoms with E-state index in [0.717, 1.165) is 5.56 Å². The Hall–Kier alpha value is -1.87. The summed E-state index contributed by atoms with van der Waals surface area (Å²) in [5, 5.41) is 2.83. The van der Waals surface area contributed by atoms with Crippen LogP contribution < -0.4 is 5.32 Å². The van der Waals surface area contributed by atoms with Gasteiger partial charge in [0.1, 0.15) is 5.78 Å². The number of amides is 1. The van der Waals surface area contributed by atoms with E-state index in [1.807, 2.05) is 25.1 Å². The molecule has 0 bridgehead atoms. The number of nitrogens with one attached hydrogen (secondary N) is 1. The number of ketones is 1. The molecule has 1 aromatic carbocycles. The highest BCUT2D eigenvalue weighted by Crippen LogP contribution is 2.33. The molecule has 2 atom stereocenters. The lowest BCUT2D eigenvalue weighted by Gasteiger charge is -2.29. The quantitative estimate of drug-likeness (QED) is 0.870. The third-order valence-electron chi connectivity index (χ3n) is 3.60. The summed E-state index contributed by atoms with van der Waals surface area (Å²) >= 11 is 6.39. The van der Waals surface area contributed by atoms with Crippen LogP contribution in [0.4, 0.5) is 0 Å². The fraction of sp³-hybridized carbons (Fsp3) is 0.294. The molecule has 0 saturated carbocycles. The van der Waals surface area contributed by atoms with Gasteiger partial charge in [-0.3, -0.25) is 9.59 Å². The summed E-state index contributed by atoms with van der Waals surface area (Å²) in [5.41, 5.74) is 2.14. The number of halogens is 1. The normalized spacial score (nSPS) is 24.4. The van der Waals surface area contributed by atoms with Gasteiger partial charge in [-0.25, -0.2) is 0 Å². The van der Waals surface area contributed by atoms with Crippen molar-refractivity contribution in [2.24, 2.45) is 5.92 Å². The van der Waals surface area contributed by atoms with E-state index in [0.29, 0.717) is 11.3 Å². The van der Waals surface area contributed by atoms with Crippen molar-refractivity contribution in [2.75, 3.05) is 0 Å². The zero-order valence-electron chi connectivity index (χ0n) is 12.3. The Bertz CT molecular complexity index is 644. The Morgan fingerprint density at radius 2 is 1.95 bits per heavy atom. The highest BCUT2D eigenvalue weighted by molar-refractivity contribution is 6.27. The van der Waals surface area contributed by atoms with Gasteiger partial charge in [0.2, 0.25) is 0 Å². The molecule has 21 heavy (non-hydrogen) atoms. The van der Waals surface area contributed by atoms with Crippen LogP contribution in [0, 0.1) is 12.8 Å². The second-order valence-corrected chi connectivity index (χ2v) is 6.28. The first kappa shape index (κ1) is 15.5. The third-order valence-corrected chi connectivity index (χ3v) is 3.94. The topological polar surface area (TPSA) is 46.2 Å². The van der Waals surface area contributed by atoms with Crippen LogP contribution >= 0.6 is 11.6 Å². The lowest BCUT2D eigenvalue weighted by Crippen LogP contribution is -2.35. The number of rotatable bonds is 3. The van der Waals surface area contributed by atoms with Gasteiger partial charge < -0.3 is 5.32 Å². The number of carbonyl (C=O) groups is 2. The molecule has 1 aliphatic carbocycles. The molecule has 0 fully saturated rings. The molecule has 110 valence electrons. The van der Waals surface area contributed by atoms with Crippen molar-refractivity contribution in [3.63, 3.8) is 0 Å². The van der Waals surface area contributed by atoms with Crippen LogP contribution in [0.5, 0.6) is 0 Å². The number of hydrogen-bond acceptors (Lipinski definition) is 2. The molecular weight excluding hydrogens is 286 g/mol. The SMILES string of the molecule is CC(=O)C1C=CC(NC(=O)c2ccccc2C)=CC1(C)Cl. The first-order valence-corrected chi connectivity index (χ1v) is 7.16. The number of benzene rings is 1. The first-order valence-electron chi connectivity index (χ1n) is 6.78. The summed E-state index contributed by atoms with van der Waals surface area (Å²) in [6.45, 7) is 5.17. The Kier molecular flexibility index (Phi) is 4.33. The van der Waals surface area contributed by atoms with Gasteiger partial charge in [0.25, 0.3) is 5.91 Å². The molecule has 2 unspecified atom stereocenters. The highest BCUT2D eigenvalue weighted by Gasteiger charge is 2.34. The maximum atomic E-state index is 12.3. The minimum Gasteiger partial charge on any atom is -0.322 e. The van der Waals surface area contributed by atoms with E-state index < -0.39 is 4.87 Å². The number of alkyl halides is 1. The molecule has 0 spiro atoms. The lowest BCUT2D eigenvalue weighted by atomic mass is 9.85. The molecule has 1 N–H and O–H groups in total. The zero-order chi connectivity index (χ0) is 15.6. The molecule has 0 saturated heterocycles. The van der Waals surface area contributed by atoms with Crippen molar-refractivity contribution in [3.8, 4) is 0 Å². The average molecular weight is 304 g/mol. The van der Waals surface area contributed by atoms with Crippen molar-refractivity contribution in [2.45, 2.75) is 25.6 Å². The van der Waals surface area contributed by atoms with E-state index in [-0.39, 0.29) is 17.6 Å². The van der Waals surface area contributed by atoms with Crippen molar-refractivity contribution in [1.29, 1.82) is 0 Å². The van der Waals surface area contributed by atoms with E-state index >= 15 is 0 Å². The number of Topliss-reactive ketones (excluding diaryl/α,β-unsaturated/α-hetero) is 1. The summed E-state index contributed by atoms with van der Waals surface area (Å²) in [7, 11) is 0. The third kappa shape index (κ3) is 3.42. The fourth-order valence-electron chi connectivity index (χ4n) is 2.47. The molecule has 2 rings (SSSR count). The second kappa shape index (κ2) is 5.86. The number of hydrogen-bond donors (Lipinski definition) is 1. The number of aryl methyl sites for hydroxylation is 1. The second-order valence-electron chi connectivity index (χ2n) is 5.47. The summed E-state index contributed by atoms with van der Waals surface area (Å²) < 4.78 is 0. The standard InChI is InChI=1S/C17H18ClNO2/c1-11-6-4-5-7-14(11)16(21)19-13-8-9-15(12(2)20)17(3,18)10-13/h4-10,15H,1-3H3,(H,19,21). The Balaban J connectivity index is 2.19. The fourth-order valence-corrected chi connectivity index (χ4v) is 2.81. The van der Waals surface area contributed by atoms with Gasteiger partial charge in [0, 0.05) is 11.3 Å². The maximum Gasteiger partial charge on any atom is 0.255 e. The molecule has 0 radical (unpaired) electrons. The molecule has 0 aromatic heterocycles. The monoisotopic (exact) mass is 303 g/mol. The van der Waals surface area contributed by atoms with Gasteiger partial charge in [-0.1, -0.05) is 24.3 Å². The molecule has 0 heterocycles. The molecule has 1 aliphatic rings. The van der Waals surface area contributed by atoms with Crippen LogP contribution in [0.1, 0.15) is 29.8 Å². The van der Waals surface area contributed by atoms with Crippen molar-refractivity contribution >= 4 is 23.3 Å². The molecule has 4 heteroatoms. The number of carbonyl (C=O) groups excluding carboxylic acids is 2. The van der Waals surface area contributed by atoms with Gasteiger partial charge in [0.15, 0.2) is 0 Å². The Labute approximate surface area is 129 Å². The van der Waals surface area contributed by atoms with Crippen LogP contribution in [0.2, 0.25) is 0 Å². The van der Waals surface area contributed by atoms with E-state index in [1.165, 1.54) is 6.92 Å². The van der Waals surface area contributed by atoms with Gasteiger partial charge in [-0.2, -0.15) is 0 Å². The minimum absolute atomic E-state index is 0.00396. The number of allylic oxidation sites excluding steroid dienone is 3. The van der Waals surface area contributed by atoms with Crippen LogP contribution in [-0.2, 0) is 4.79 Å². The zero-order valence-corrected chi connectivity index (χ0v) is 13.1. The summed E-state index contributed by atoms with van der Waals surface area (Å²) in [4.78, 5) is 23.0. The van der Waals surface area contributed by atoms with Crippen molar-refractivity contribution in [3.05, 3.63) is 59.3 Å². The van der Waals surface area contributed by atoms with Crippen LogP contribution in [-0.4, -0.2) is 16.6 Å². The molecule has 1 amide bonds. The Morgan fingerprint density at radius 1 is 1.29 bits per heavy atom. The van der Waals surface area contributed by atoms with Gasteiger partial charge in [0.05, 0.1) is 10.8 Å². The minimum atomic E-state index is -0.824.